The summed E-state index contributed by atoms with van der Waals surface area (Å²) in [5.74, 6) is 0. The minimum absolute atomic E-state index is 0.662. The third-order valence-electron chi connectivity index (χ3n) is 7.28. The van der Waals surface area contributed by atoms with Gasteiger partial charge in [0, 0.05) is 5.25 Å². The molecule has 0 N–H and O–H groups in total. The summed E-state index contributed by atoms with van der Waals surface area (Å²) in [7, 11) is 0. The molecule has 0 nitrogen and oxygen atoms in total. The molecule has 0 radical (unpaired) electrons. The van der Waals surface area contributed by atoms with E-state index in [4.69, 9.17) is 12.6 Å². The molecule has 0 bridgehead atoms. The molecular formula is C31H64S. The molecule has 0 aromatic heterocycles. The zero-order chi connectivity index (χ0) is 23.4. The molecule has 0 rings (SSSR count). The summed E-state index contributed by atoms with van der Waals surface area (Å²) in [6.45, 7) is 4.60. The van der Waals surface area contributed by atoms with Crippen LogP contribution in [0.15, 0.2) is 0 Å². The molecule has 1 unspecified atom stereocenters. The second-order valence-corrected chi connectivity index (χ2v) is 11.4. The van der Waals surface area contributed by atoms with Crippen molar-refractivity contribution in [2.75, 3.05) is 0 Å². The highest BCUT2D eigenvalue weighted by atomic mass is 32.1. The number of unbranched alkanes of at least 4 members (excludes halogenated alkanes) is 24. The molecule has 32 heavy (non-hydrogen) atoms. The largest absolute Gasteiger partial charge is 0.176 e. The van der Waals surface area contributed by atoms with E-state index in [-0.39, 0.29) is 0 Å². The second kappa shape index (κ2) is 29.4. The smallest absolute Gasteiger partial charge is 0.00168 e. The van der Waals surface area contributed by atoms with E-state index in [1.54, 1.807) is 0 Å². The van der Waals surface area contributed by atoms with Gasteiger partial charge in [0.1, 0.15) is 0 Å². The van der Waals surface area contributed by atoms with Crippen LogP contribution in [0.25, 0.3) is 0 Å². The average molecular weight is 469 g/mol. The van der Waals surface area contributed by atoms with Crippen molar-refractivity contribution >= 4 is 12.6 Å². The van der Waals surface area contributed by atoms with Gasteiger partial charge in [-0.2, -0.15) is 12.6 Å². The van der Waals surface area contributed by atoms with Crippen molar-refractivity contribution in [3.63, 3.8) is 0 Å². The molecule has 0 aliphatic rings. The third kappa shape index (κ3) is 28.4. The molecule has 0 aromatic rings. The fourth-order valence-corrected chi connectivity index (χ4v) is 5.30. The lowest BCUT2D eigenvalue weighted by Gasteiger charge is -2.10. The van der Waals surface area contributed by atoms with Crippen LogP contribution < -0.4 is 0 Å². The highest BCUT2D eigenvalue weighted by Gasteiger charge is 2.03. The molecule has 0 saturated heterocycles. The van der Waals surface area contributed by atoms with E-state index in [2.05, 4.69) is 13.8 Å². The van der Waals surface area contributed by atoms with Crippen LogP contribution in [0, 0.1) is 0 Å². The van der Waals surface area contributed by atoms with Crippen LogP contribution in [0.2, 0.25) is 0 Å². The topological polar surface area (TPSA) is 0 Å². The molecule has 0 aliphatic carbocycles. The van der Waals surface area contributed by atoms with Crippen LogP contribution in [-0.4, -0.2) is 5.25 Å². The van der Waals surface area contributed by atoms with E-state index < -0.39 is 0 Å². The van der Waals surface area contributed by atoms with Crippen LogP contribution in [0.5, 0.6) is 0 Å². The predicted octanol–water partition coefficient (Wildman–Crippen LogP) is 12.2. The first-order chi connectivity index (χ1) is 15.8. The van der Waals surface area contributed by atoms with Gasteiger partial charge in [0.15, 0.2) is 0 Å². The van der Waals surface area contributed by atoms with E-state index in [9.17, 15) is 0 Å². The van der Waals surface area contributed by atoms with Gasteiger partial charge < -0.3 is 0 Å². The highest BCUT2D eigenvalue weighted by molar-refractivity contribution is 7.80. The lowest BCUT2D eigenvalue weighted by atomic mass is 10.0. The maximum absolute atomic E-state index is 4.85. The molecule has 0 aliphatic heterocycles. The van der Waals surface area contributed by atoms with E-state index in [1.807, 2.05) is 0 Å². The third-order valence-corrected chi connectivity index (χ3v) is 7.80. The molecular weight excluding hydrogens is 404 g/mol. The minimum atomic E-state index is 0.662. The fourth-order valence-electron chi connectivity index (χ4n) is 4.94. The molecule has 0 amide bonds. The van der Waals surface area contributed by atoms with Gasteiger partial charge in [-0.05, 0) is 12.8 Å². The minimum Gasteiger partial charge on any atom is -0.176 e. The number of rotatable bonds is 28. The Balaban J connectivity index is 3.13. The van der Waals surface area contributed by atoms with Gasteiger partial charge in [0.2, 0.25) is 0 Å². The summed E-state index contributed by atoms with van der Waals surface area (Å²) in [6.07, 6.45) is 40.4. The highest BCUT2D eigenvalue weighted by Crippen LogP contribution is 2.19. The van der Waals surface area contributed by atoms with Crippen LogP contribution in [0.4, 0.5) is 0 Å². The van der Waals surface area contributed by atoms with Crippen molar-refractivity contribution in [3.8, 4) is 0 Å². The van der Waals surface area contributed by atoms with Crippen molar-refractivity contribution in [2.24, 2.45) is 0 Å². The van der Waals surface area contributed by atoms with Crippen LogP contribution >= 0.6 is 12.6 Å². The van der Waals surface area contributed by atoms with Crippen molar-refractivity contribution in [1.82, 2.24) is 0 Å². The summed E-state index contributed by atoms with van der Waals surface area (Å²) >= 11 is 4.85. The SMILES string of the molecule is CCCCCCCCCCCCCCCCC(S)CCCCCCCCCCCCCC. The van der Waals surface area contributed by atoms with Gasteiger partial charge in [-0.15, -0.1) is 0 Å². The lowest BCUT2D eigenvalue weighted by Crippen LogP contribution is -1.98. The van der Waals surface area contributed by atoms with Crippen molar-refractivity contribution in [3.05, 3.63) is 0 Å². The molecule has 0 fully saturated rings. The van der Waals surface area contributed by atoms with Crippen LogP contribution in [0.3, 0.4) is 0 Å². The van der Waals surface area contributed by atoms with Crippen molar-refractivity contribution in [1.29, 1.82) is 0 Å². The Labute approximate surface area is 211 Å². The van der Waals surface area contributed by atoms with Crippen LogP contribution in [-0.2, 0) is 0 Å². The zero-order valence-corrected chi connectivity index (χ0v) is 23.7. The summed E-state index contributed by atoms with van der Waals surface area (Å²) in [4.78, 5) is 0. The molecule has 1 heteroatoms. The molecule has 0 aromatic carbocycles. The number of hydrogen-bond acceptors (Lipinski definition) is 1. The van der Waals surface area contributed by atoms with Gasteiger partial charge in [-0.25, -0.2) is 0 Å². The first-order valence-electron chi connectivity index (χ1n) is 15.5. The Morgan fingerprint density at radius 3 is 0.719 bits per heavy atom. The van der Waals surface area contributed by atoms with Gasteiger partial charge in [-0.1, -0.05) is 181 Å². The average Bonchev–Trinajstić information content (AvgIpc) is 2.80. The molecule has 1 atom stereocenters. The van der Waals surface area contributed by atoms with E-state index in [0.717, 1.165) is 0 Å². The van der Waals surface area contributed by atoms with Crippen molar-refractivity contribution < 1.29 is 0 Å². The normalized spacial score (nSPS) is 12.5. The predicted molar refractivity (Wildman–Crippen MR) is 153 cm³/mol. The van der Waals surface area contributed by atoms with E-state index in [1.165, 1.54) is 180 Å². The molecule has 194 valence electrons. The number of thiol groups is 1. The quantitative estimate of drug-likeness (QED) is 0.0856. The summed E-state index contributed by atoms with van der Waals surface area (Å²) in [5.41, 5.74) is 0. The van der Waals surface area contributed by atoms with Gasteiger partial charge >= 0.3 is 0 Å². The molecule has 0 heterocycles. The lowest BCUT2D eigenvalue weighted by molar-refractivity contribution is 0.518. The summed E-state index contributed by atoms with van der Waals surface area (Å²) in [5, 5.41) is 0.662. The maximum atomic E-state index is 4.85. The Bertz CT molecular complexity index is 314. The zero-order valence-electron chi connectivity index (χ0n) is 22.8. The number of hydrogen-bond donors (Lipinski definition) is 1. The summed E-state index contributed by atoms with van der Waals surface area (Å²) < 4.78 is 0. The Morgan fingerprint density at radius 2 is 0.500 bits per heavy atom. The van der Waals surface area contributed by atoms with Gasteiger partial charge in [0.05, 0.1) is 0 Å². The second-order valence-electron chi connectivity index (χ2n) is 10.7. The van der Waals surface area contributed by atoms with Crippen molar-refractivity contribution in [2.45, 2.75) is 199 Å². The van der Waals surface area contributed by atoms with Gasteiger partial charge in [-0.3, -0.25) is 0 Å². The Hall–Kier alpha value is 0.350. The van der Waals surface area contributed by atoms with Crippen LogP contribution in [0.1, 0.15) is 194 Å². The Morgan fingerprint density at radius 1 is 0.312 bits per heavy atom. The molecule has 0 saturated carbocycles. The monoisotopic (exact) mass is 468 g/mol. The summed E-state index contributed by atoms with van der Waals surface area (Å²) in [6, 6.07) is 0. The first-order valence-corrected chi connectivity index (χ1v) is 16.0. The molecule has 0 spiro atoms. The van der Waals surface area contributed by atoms with Gasteiger partial charge in [0.25, 0.3) is 0 Å². The Kier molecular flexibility index (Phi) is 29.7. The maximum Gasteiger partial charge on any atom is 0.00168 e. The fraction of sp³-hybridized carbons (Fsp3) is 1.00. The standard InChI is InChI=1S/C31H64S/c1-3-5-7-9-11-13-15-17-18-20-22-24-26-28-30-31(32)29-27-25-23-21-19-16-14-12-10-8-6-4-2/h31-32H,3-30H2,1-2H3. The first kappa shape index (κ1) is 32.4. The van der Waals surface area contributed by atoms with E-state index >= 15 is 0 Å². The van der Waals surface area contributed by atoms with E-state index in [0.29, 0.717) is 5.25 Å².